The van der Waals surface area contributed by atoms with E-state index >= 15 is 0 Å². The van der Waals surface area contributed by atoms with Gasteiger partial charge in [-0.3, -0.25) is 0 Å². The Hall–Kier alpha value is -1.04. The van der Waals surface area contributed by atoms with E-state index in [2.05, 4.69) is 14.2 Å². The van der Waals surface area contributed by atoms with Gasteiger partial charge in [0.2, 0.25) is 5.71 Å². The minimum Gasteiger partial charge on any atom is -0.309 e. The maximum absolute atomic E-state index is 12.5. The maximum atomic E-state index is 12.5. The lowest BCUT2D eigenvalue weighted by Gasteiger charge is -2.14. The van der Waals surface area contributed by atoms with Crippen molar-refractivity contribution in [2.75, 3.05) is 41.3 Å². The van der Waals surface area contributed by atoms with E-state index in [0.717, 1.165) is 6.92 Å². The van der Waals surface area contributed by atoms with Crippen LogP contribution in [0.15, 0.2) is 4.99 Å². The number of aliphatic imine (C=N–C) groups is 1. The van der Waals surface area contributed by atoms with Crippen LogP contribution in [0.3, 0.4) is 0 Å². The normalized spacial score (nSPS) is 22.2. The summed E-state index contributed by atoms with van der Waals surface area (Å²) in [6.45, 7) is 2.41. The zero-order valence-electron chi connectivity index (χ0n) is 14.4. The van der Waals surface area contributed by atoms with E-state index in [1.54, 1.807) is 0 Å². The van der Waals surface area contributed by atoms with E-state index < -0.39 is 21.5 Å². The molecule has 0 spiro atoms. The van der Waals surface area contributed by atoms with Crippen LogP contribution >= 0.6 is 0 Å². The summed E-state index contributed by atoms with van der Waals surface area (Å²) >= 11 is 0. The lowest BCUT2D eigenvalue weighted by Crippen LogP contribution is -2.85. The molecule has 0 amide bonds. The topological polar surface area (TPSA) is 76.2 Å². The second-order valence-electron chi connectivity index (χ2n) is 6.23. The summed E-state index contributed by atoms with van der Waals surface area (Å²) in [5, 5.41) is 0. The molecule has 24 heavy (non-hydrogen) atoms. The first-order chi connectivity index (χ1) is 10.8. The fourth-order valence-electron chi connectivity index (χ4n) is 2.08. The molecule has 7 nitrogen and oxygen atoms in total. The minimum atomic E-state index is -5.75. The predicted octanol–water partition coefficient (Wildman–Crippen LogP) is -0.594. The van der Waals surface area contributed by atoms with Gasteiger partial charge in [-0.25, -0.2) is 0 Å². The quantitative estimate of drug-likeness (QED) is 0.455. The number of alkyl halides is 3. The highest BCUT2D eigenvalue weighted by Gasteiger charge is 2.54. The SMILES string of the molecule is CN(C)CCC1=NC(C)(OS(=O)(=O)C(F)(F)F)[NH+]=C1CCN(C)C. The molecule has 0 bridgehead atoms. The van der Waals surface area contributed by atoms with Crippen molar-refractivity contribution in [3.63, 3.8) is 0 Å². The summed E-state index contributed by atoms with van der Waals surface area (Å²) in [6, 6.07) is 0. The highest BCUT2D eigenvalue weighted by Crippen LogP contribution is 2.28. The van der Waals surface area contributed by atoms with Gasteiger partial charge >= 0.3 is 21.5 Å². The lowest BCUT2D eigenvalue weighted by molar-refractivity contribution is -0.591. The third-order valence-electron chi connectivity index (χ3n) is 3.24. The molecule has 0 aromatic carbocycles. The largest absolute Gasteiger partial charge is 0.523 e. The van der Waals surface area contributed by atoms with Crippen molar-refractivity contribution in [3.8, 4) is 0 Å². The van der Waals surface area contributed by atoms with Crippen molar-refractivity contribution in [2.24, 2.45) is 4.99 Å². The molecular formula is C13H24F3N4O3S+. The molecule has 1 heterocycles. The molecule has 1 atom stereocenters. The highest BCUT2D eigenvalue weighted by atomic mass is 32.2. The summed E-state index contributed by atoms with van der Waals surface area (Å²) in [7, 11) is 1.67. The number of rotatable bonds is 8. The van der Waals surface area contributed by atoms with Crippen LogP contribution in [0.25, 0.3) is 0 Å². The molecule has 1 N–H and O–H groups in total. The van der Waals surface area contributed by atoms with Crippen molar-refractivity contribution < 1.29 is 30.8 Å². The van der Waals surface area contributed by atoms with E-state index in [1.165, 1.54) is 0 Å². The lowest BCUT2D eigenvalue weighted by atomic mass is 10.1. The average Bonchev–Trinajstić information content (AvgIpc) is 2.68. The first-order valence-electron chi connectivity index (χ1n) is 7.30. The second kappa shape index (κ2) is 7.46. The van der Waals surface area contributed by atoms with Crippen LogP contribution < -0.4 is 4.99 Å². The number of nitrogens with zero attached hydrogens (tertiary/aromatic N) is 3. The molecule has 1 aliphatic rings. The Kier molecular flexibility index (Phi) is 6.53. The summed E-state index contributed by atoms with van der Waals surface area (Å²) in [5.41, 5.74) is -4.39. The van der Waals surface area contributed by atoms with E-state index in [4.69, 9.17) is 0 Å². The van der Waals surface area contributed by atoms with Crippen LogP contribution in [0.4, 0.5) is 13.2 Å². The van der Waals surface area contributed by atoms with E-state index in [1.807, 2.05) is 38.0 Å². The predicted molar refractivity (Wildman–Crippen MR) is 84.2 cm³/mol. The van der Waals surface area contributed by atoms with Crippen LogP contribution in [0, 0.1) is 0 Å². The minimum absolute atomic E-state index is 0.466. The van der Waals surface area contributed by atoms with Gasteiger partial charge < -0.3 is 9.80 Å². The monoisotopic (exact) mass is 373 g/mol. The summed E-state index contributed by atoms with van der Waals surface area (Å²) < 4.78 is 64.5. The van der Waals surface area contributed by atoms with Crippen LogP contribution in [-0.4, -0.2) is 82.3 Å². The Labute approximate surface area is 140 Å². The average molecular weight is 373 g/mol. The number of hydrogen-bond donors (Lipinski definition) is 1. The Morgan fingerprint density at radius 3 is 2.08 bits per heavy atom. The molecule has 0 saturated heterocycles. The van der Waals surface area contributed by atoms with Crippen LogP contribution in [0.2, 0.25) is 0 Å². The Morgan fingerprint density at radius 1 is 1.12 bits per heavy atom. The fraction of sp³-hybridized carbons (Fsp3) is 0.846. The third-order valence-corrected chi connectivity index (χ3v) is 4.35. The molecule has 0 aromatic rings. The van der Waals surface area contributed by atoms with Crippen molar-refractivity contribution in [3.05, 3.63) is 0 Å². The summed E-state index contributed by atoms with van der Waals surface area (Å²) in [6.07, 6.45) is 0.956. The molecule has 11 heteroatoms. The van der Waals surface area contributed by atoms with Gasteiger partial charge in [-0.05, 0) is 28.2 Å². The van der Waals surface area contributed by atoms with Crippen LogP contribution in [0.1, 0.15) is 19.8 Å². The molecular weight excluding hydrogens is 349 g/mol. The molecule has 0 aromatic heterocycles. The molecule has 1 aliphatic heterocycles. The molecule has 0 aliphatic carbocycles. The highest BCUT2D eigenvalue weighted by molar-refractivity contribution is 7.87. The Morgan fingerprint density at radius 2 is 1.62 bits per heavy atom. The van der Waals surface area contributed by atoms with E-state index in [-0.39, 0.29) is 0 Å². The van der Waals surface area contributed by atoms with Gasteiger partial charge in [0.05, 0.1) is 6.92 Å². The number of hydrogen-bond acceptors (Lipinski definition) is 6. The molecule has 1 rings (SSSR count). The molecule has 0 saturated carbocycles. The van der Waals surface area contributed by atoms with Crippen LogP contribution in [0.5, 0.6) is 0 Å². The van der Waals surface area contributed by atoms with Crippen molar-refractivity contribution in [1.29, 1.82) is 0 Å². The van der Waals surface area contributed by atoms with Gasteiger partial charge in [-0.2, -0.15) is 35.8 Å². The third kappa shape index (κ3) is 5.80. The second-order valence-corrected chi connectivity index (χ2v) is 7.77. The van der Waals surface area contributed by atoms with Crippen molar-refractivity contribution in [1.82, 2.24) is 9.80 Å². The van der Waals surface area contributed by atoms with E-state index in [0.29, 0.717) is 37.4 Å². The number of halogens is 3. The molecule has 140 valence electrons. The zero-order chi connectivity index (χ0) is 18.8. The smallest absolute Gasteiger partial charge is 0.309 e. The van der Waals surface area contributed by atoms with Gasteiger partial charge in [0, 0.05) is 25.9 Å². The Balaban J connectivity index is 3.04. The summed E-state index contributed by atoms with van der Waals surface area (Å²) in [4.78, 5) is 10.6. The first-order valence-corrected chi connectivity index (χ1v) is 8.71. The summed E-state index contributed by atoms with van der Waals surface area (Å²) in [5.74, 6) is -1.99. The van der Waals surface area contributed by atoms with Gasteiger partial charge in [0.15, 0.2) is 0 Å². The van der Waals surface area contributed by atoms with Gasteiger partial charge in [-0.1, -0.05) is 0 Å². The standard InChI is InChI=1S/C13H23F3N4O3S/c1-12(23-24(21,22)13(14,15)16)17-10(6-8-19(2)3)11(18-12)7-9-20(4)5/h6-9H2,1-5H3/p+1. The zero-order valence-corrected chi connectivity index (χ0v) is 15.3. The van der Waals surface area contributed by atoms with Gasteiger partial charge in [0.25, 0.3) is 0 Å². The van der Waals surface area contributed by atoms with Gasteiger partial charge in [0.1, 0.15) is 5.71 Å². The maximum Gasteiger partial charge on any atom is 0.523 e. The van der Waals surface area contributed by atoms with Crippen LogP contribution in [-0.2, 0) is 14.3 Å². The fourth-order valence-corrected chi connectivity index (χ4v) is 2.68. The number of nitrogens with one attached hydrogen (secondary N) is 1. The molecule has 0 fully saturated rings. The Bertz CT molecular complexity index is 584. The van der Waals surface area contributed by atoms with Gasteiger partial charge in [-0.15, -0.1) is 0 Å². The first kappa shape index (κ1) is 21.0. The van der Waals surface area contributed by atoms with E-state index in [9.17, 15) is 21.6 Å². The molecule has 1 unspecified atom stereocenters. The molecule has 0 radical (unpaired) electrons. The van der Waals surface area contributed by atoms with Crippen molar-refractivity contribution in [2.45, 2.75) is 31.1 Å². The van der Waals surface area contributed by atoms with Crippen molar-refractivity contribution >= 4 is 21.5 Å².